The second-order valence-electron chi connectivity index (χ2n) is 4.48. The number of ether oxygens (including phenoxy) is 1. The summed E-state index contributed by atoms with van der Waals surface area (Å²) < 4.78 is 5.75. The van der Waals surface area contributed by atoms with Gasteiger partial charge in [0.15, 0.2) is 11.4 Å². The Morgan fingerprint density at radius 1 is 1.42 bits per heavy atom. The van der Waals surface area contributed by atoms with Gasteiger partial charge in [0.25, 0.3) is 0 Å². The van der Waals surface area contributed by atoms with Gasteiger partial charge in [0.2, 0.25) is 0 Å². The quantitative estimate of drug-likeness (QED) is 0.394. The smallest absolute Gasteiger partial charge is 0.168 e. The first-order chi connectivity index (χ1) is 5.80. The lowest BCUT2D eigenvalue weighted by Crippen LogP contribution is -2.30. The molecule has 1 saturated heterocycles. The average Bonchev–Trinajstić information content (AvgIpc) is 2.43. The van der Waals surface area contributed by atoms with Crippen molar-refractivity contribution in [3.8, 4) is 0 Å². The lowest BCUT2D eigenvalue weighted by Gasteiger charge is -2.12. The molecule has 4 rings (SSSR count). The zero-order valence-corrected chi connectivity index (χ0v) is 6.75. The number of rotatable bonds is 0. The first-order valence-corrected chi connectivity index (χ1v) is 4.71. The van der Waals surface area contributed by atoms with Crippen LogP contribution in [0.3, 0.4) is 0 Å². The minimum atomic E-state index is -0.299. The van der Waals surface area contributed by atoms with Crippen LogP contribution in [-0.4, -0.2) is 17.0 Å². The molecule has 1 aliphatic heterocycles. The summed E-state index contributed by atoms with van der Waals surface area (Å²) in [7, 11) is 0. The summed E-state index contributed by atoms with van der Waals surface area (Å²) in [5, 5.41) is 0. The Balaban J connectivity index is 1.99. The van der Waals surface area contributed by atoms with Crippen molar-refractivity contribution in [2.24, 2.45) is 11.8 Å². The van der Waals surface area contributed by atoms with Gasteiger partial charge in [-0.25, -0.2) is 0 Å². The monoisotopic (exact) mass is 162 g/mol. The SMILES string of the molecule is O=C1CCC23OC12C1C=CC3C1. The van der Waals surface area contributed by atoms with Gasteiger partial charge in [-0.1, -0.05) is 12.2 Å². The maximum Gasteiger partial charge on any atom is 0.168 e. The third-order valence-electron chi connectivity index (χ3n) is 4.27. The van der Waals surface area contributed by atoms with Gasteiger partial charge in [-0.15, -0.1) is 0 Å². The van der Waals surface area contributed by atoms with Crippen LogP contribution in [0, 0.1) is 11.8 Å². The Bertz CT molecular complexity index is 333. The molecule has 3 fully saturated rings. The van der Waals surface area contributed by atoms with Crippen molar-refractivity contribution in [1.29, 1.82) is 0 Å². The molecule has 2 saturated carbocycles. The van der Waals surface area contributed by atoms with E-state index in [0.29, 0.717) is 17.6 Å². The normalized spacial score (nSPS) is 63.8. The third-order valence-corrected chi connectivity index (χ3v) is 4.27. The van der Waals surface area contributed by atoms with E-state index in [1.54, 1.807) is 0 Å². The van der Waals surface area contributed by atoms with Gasteiger partial charge in [0.05, 0.1) is 0 Å². The third kappa shape index (κ3) is 0.319. The lowest BCUT2D eigenvalue weighted by atomic mass is 9.86. The highest BCUT2D eigenvalue weighted by atomic mass is 16.6. The van der Waals surface area contributed by atoms with Crippen molar-refractivity contribution in [3.05, 3.63) is 12.2 Å². The summed E-state index contributed by atoms with van der Waals surface area (Å²) in [6.45, 7) is 0. The van der Waals surface area contributed by atoms with E-state index < -0.39 is 0 Å². The first kappa shape index (κ1) is 5.92. The maximum absolute atomic E-state index is 11.6. The summed E-state index contributed by atoms with van der Waals surface area (Å²) in [5.41, 5.74) is -0.296. The first-order valence-electron chi connectivity index (χ1n) is 4.71. The second-order valence-corrected chi connectivity index (χ2v) is 4.48. The van der Waals surface area contributed by atoms with Crippen LogP contribution in [0.1, 0.15) is 19.3 Å². The molecule has 0 radical (unpaired) electrons. The van der Waals surface area contributed by atoms with Gasteiger partial charge in [-0.2, -0.15) is 0 Å². The molecule has 0 amide bonds. The predicted octanol–water partition coefficient (Wildman–Crippen LogP) is 1.06. The molecule has 0 aromatic rings. The van der Waals surface area contributed by atoms with E-state index >= 15 is 0 Å². The highest BCUT2D eigenvalue weighted by Crippen LogP contribution is 2.74. The number of hydrogen-bond acceptors (Lipinski definition) is 2. The van der Waals surface area contributed by atoms with E-state index in [9.17, 15) is 4.79 Å². The second kappa shape index (κ2) is 1.31. The topological polar surface area (TPSA) is 29.6 Å². The highest BCUT2D eigenvalue weighted by molar-refractivity contribution is 5.97. The molecule has 0 aromatic heterocycles. The van der Waals surface area contributed by atoms with Crippen molar-refractivity contribution in [1.82, 2.24) is 0 Å². The lowest BCUT2D eigenvalue weighted by molar-refractivity contribution is -0.125. The van der Waals surface area contributed by atoms with Gasteiger partial charge in [0, 0.05) is 18.3 Å². The number of ketones is 1. The van der Waals surface area contributed by atoms with Crippen LogP contribution in [-0.2, 0) is 9.53 Å². The number of epoxide rings is 1. The molecule has 2 nitrogen and oxygen atoms in total. The fourth-order valence-electron chi connectivity index (χ4n) is 3.76. The Morgan fingerprint density at radius 2 is 2.25 bits per heavy atom. The zero-order chi connectivity index (χ0) is 7.97. The van der Waals surface area contributed by atoms with Crippen molar-refractivity contribution in [2.45, 2.75) is 30.5 Å². The molecule has 4 aliphatic rings. The van der Waals surface area contributed by atoms with Crippen LogP contribution >= 0.6 is 0 Å². The number of carbonyl (C=O) groups is 1. The van der Waals surface area contributed by atoms with Crippen LogP contribution in [0.4, 0.5) is 0 Å². The van der Waals surface area contributed by atoms with Crippen LogP contribution in [0.25, 0.3) is 0 Å². The summed E-state index contributed by atoms with van der Waals surface area (Å²) in [6, 6.07) is 0. The average molecular weight is 162 g/mol. The van der Waals surface area contributed by atoms with Gasteiger partial charge in [-0.3, -0.25) is 4.79 Å². The van der Waals surface area contributed by atoms with Crippen molar-refractivity contribution in [3.63, 3.8) is 0 Å². The van der Waals surface area contributed by atoms with E-state index in [1.165, 1.54) is 6.42 Å². The summed E-state index contributed by atoms with van der Waals surface area (Å²) >= 11 is 0. The largest absolute Gasteiger partial charge is 0.353 e. The van der Waals surface area contributed by atoms with E-state index in [-0.39, 0.29) is 11.2 Å². The predicted molar refractivity (Wildman–Crippen MR) is 41.5 cm³/mol. The molecule has 2 heteroatoms. The molecule has 0 spiro atoms. The summed E-state index contributed by atoms with van der Waals surface area (Å²) in [5.74, 6) is 1.37. The molecule has 4 unspecified atom stereocenters. The van der Waals surface area contributed by atoms with E-state index in [2.05, 4.69) is 12.2 Å². The fraction of sp³-hybridized carbons (Fsp3) is 0.700. The molecule has 4 atom stereocenters. The Morgan fingerprint density at radius 3 is 3.08 bits per heavy atom. The number of hydrogen-bond donors (Lipinski definition) is 0. The van der Waals surface area contributed by atoms with Crippen LogP contribution in [0.2, 0.25) is 0 Å². The van der Waals surface area contributed by atoms with Crippen molar-refractivity contribution >= 4 is 5.78 Å². The molecular weight excluding hydrogens is 152 g/mol. The van der Waals surface area contributed by atoms with E-state index in [1.807, 2.05) is 0 Å². The highest BCUT2D eigenvalue weighted by Gasteiger charge is 2.86. The standard InChI is InChI=1S/C10H10O2/c11-8-3-4-9-6-1-2-7(5-6)10(8,9)12-9/h1-2,6-7H,3-5H2. The Kier molecular flexibility index (Phi) is 0.646. The minimum Gasteiger partial charge on any atom is -0.353 e. The summed E-state index contributed by atoms with van der Waals surface area (Å²) in [4.78, 5) is 11.6. The molecule has 12 heavy (non-hydrogen) atoms. The number of fused-ring (bicyclic) bond motifs is 2. The van der Waals surface area contributed by atoms with Gasteiger partial charge in [0.1, 0.15) is 5.60 Å². The van der Waals surface area contributed by atoms with Crippen LogP contribution in [0.15, 0.2) is 12.2 Å². The summed E-state index contributed by atoms with van der Waals surface area (Å²) in [6.07, 6.45) is 7.37. The fourth-order valence-corrected chi connectivity index (χ4v) is 3.76. The zero-order valence-electron chi connectivity index (χ0n) is 6.75. The van der Waals surface area contributed by atoms with Crippen LogP contribution in [0.5, 0.6) is 0 Å². The van der Waals surface area contributed by atoms with Gasteiger partial charge < -0.3 is 4.74 Å². The van der Waals surface area contributed by atoms with Crippen molar-refractivity contribution in [2.75, 3.05) is 0 Å². The van der Waals surface area contributed by atoms with Crippen LogP contribution < -0.4 is 0 Å². The molecule has 62 valence electrons. The Hall–Kier alpha value is -0.630. The maximum atomic E-state index is 11.6. The molecule has 0 aromatic carbocycles. The minimum absolute atomic E-state index is 0.00347. The molecule has 1 heterocycles. The van der Waals surface area contributed by atoms with Gasteiger partial charge >= 0.3 is 0 Å². The molecule has 3 aliphatic carbocycles. The van der Waals surface area contributed by atoms with Crippen molar-refractivity contribution < 1.29 is 9.53 Å². The van der Waals surface area contributed by atoms with E-state index in [4.69, 9.17) is 4.74 Å². The van der Waals surface area contributed by atoms with Gasteiger partial charge in [-0.05, 0) is 12.8 Å². The number of carbonyl (C=O) groups excluding carboxylic acids is 1. The number of Topliss-reactive ketones (excluding diaryl/α,β-unsaturated/α-hetero) is 1. The molecular formula is C10H10O2. The molecule has 2 bridgehead atoms. The Labute approximate surface area is 70.6 Å². The van der Waals surface area contributed by atoms with E-state index in [0.717, 1.165) is 12.8 Å². The molecule has 0 N–H and O–H groups in total.